The Balaban J connectivity index is 1.45. The van der Waals surface area contributed by atoms with E-state index in [0.29, 0.717) is 31.1 Å². The van der Waals surface area contributed by atoms with Gasteiger partial charge < -0.3 is 14.9 Å². The molecule has 4 rings (SSSR count). The highest BCUT2D eigenvalue weighted by molar-refractivity contribution is 7.89. The summed E-state index contributed by atoms with van der Waals surface area (Å²) in [5, 5.41) is 9.68. The summed E-state index contributed by atoms with van der Waals surface area (Å²) in [6.07, 6.45) is 4.73. The number of aliphatic hydroxyl groups is 1. The van der Waals surface area contributed by atoms with E-state index >= 15 is 0 Å². The number of hydrogen-bond donors (Lipinski definition) is 1. The molecule has 0 spiro atoms. The third-order valence-electron chi connectivity index (χ3n) is 5.71. The van der Waals surface area contributed by atoms with Gasteiger partial charge in [-0.1, -0.05) is 18.2 Å². The molecule has 8 nitrogen and oxygen atoms in total. The SMILES string of the molecule is O=S(=O)(c1ccccc1)N1CCN(c2cc(N3CCCC[C@H]3CO)ncn2)CC1. The number of anilines is 2. The fraction of sp³-hybridized carbons (Fsp3) is 0.500. The predicted octanol–water partition coefficient (Wildman–Crippen LogP) is 1.34. The van der Waals surface area contributed by atoms with Crippen LogP contribution in [0.5, 0.6) is 0 Å². The Morgan fingerprint density at radius 1 is 0.966 bits per heavy atom. The van der Waals surface area contributed by atoms with Gasteiger partial charge in [-0.15, -0.1) is 0 Å². The average Bonchev–Trinajstić information content (AvgIpc) is 2.80. The molecular weight excluding hydrogens is 390 g/mol. The molecule has 1 aromatic heterocycles. The summed E-state index contributed by atoms with van der Waals surface area (Å²) in [4.78, 5) is 13.4. The predicted molar refractivity (Wildman–Crippen MR) is 112 cm³/mol. The Morgan fingerprint density at radius 2 is 1.69 bits per heavy atom. The van der Waals surface area contributed by atoms with Crippen LogP contribution in [-0.2, 0) is 10.0 Å². The first-order valence-electron chi connectivity index (χ1n) is 10.1. The molecule has 1 N–H and O–H groups in total. The normalized spacial score (nSPS) is 21.3. The highest BCUT2D eigenvalue weighted by Crippen LogP contribution is 2.26. The van der Waals surface area contributed by atoms with Crippen molar-refractivity contribution in [1.29, 1.82) is 0 Å². The van der Waals surface area contributed by atoms with E-state index in [0.717, 1.165) is 37.4 Å². The molecule has 0 radical (unpaired) electrons. The molecule has 0 amide bonds. The van der Waals surface area contributed by atoms with E-state index in [1.54, 1.807) is 30.6 Å². The second-order valence-corrected chi connectivity index (χ2v) is 9.40. The molecule has 2 fully saturated rings. The van der Waals surface area contributed by atoms with E-state index in [2.05, 4.69) is 19.8 Å². The van der Waals surface area contributed by atoms with Crippen LogP contribution >= 0.6 is 0 Å². The van der Waals surface area contributed by atoms with Gasteiger partial charge in [0.1, 0.15) is 18.0 Å². The Morgan fingerprint density at radius 3 is 2.41 bits per heavy atom. The van der Waals surface area contributed by atoms with Crippen molar-refractivity contribution in [1.82, 2.24) is 14.3 Å². The minimum atomic E-state index is -3.47. The largest absolute Gasteiger partial charge is 0.394 e. The monoisotopic (exact) mass is 417 g/mol. The van der Waals surface area contributed by atoms with Gasteiger partial charge in [-0.05, 0) is 31.4 Å². The molecule has 9 heteroatoms. The molecule has 0 unspecified atom stereocenters. The van der Waals surface area contributed by atoms with Crippen molar-refractivity contribution >= 4 is 21.7 Å². The molecule has 1 aromatic carbocycles. The van der Waals surface area contributed by atoms with Gasteiger partial charge in [0.2, 0.25) is 10.0 Å². The van der Waals surface area contributed by atoms with Crippen LogP contribution in [0.1, 0.15) is 19.3 Å². The number of hydrogen-bond acceptors (Lipinski definition) is 7. The second kappa shape index (κ2) is 8.64. The Kier molecular flexibility index (Phi) is 5.98. The Hall–Kier alpha value is -2.23. The Labute approximate surface area is 171 Å². The van der Waals surface area contributed by atoms with Crippen LogP contribution in [-0.4, -0.2) is 73.2 Å². The molecule has 1 atom stereocenters. The molecule has 2 saturated heterocycles. The Bertz CT molecular complexity index is 917. The van der Waals surface area contributed by atoms with Crippen LogP contribution in [0, 0.1) is 0 Å². The van der Waals surface area contributed by atoms with Gasteiger partial charge in [-0.2, -0.15) is 4.31 Å². The lowest BCUT2D eigenvalue weighted by Crippen LogP contribution is -2.49. The molecule has 2 aliphatic heterocycles. The molecule has 0 aliphatic carbocycles. The summed E-state index contributed by atoms with van der Waals surface area (Å²) in [6, 6.07) is 10.6. The number of benzene rings is 1. The first kappa shape index (κ1) is 20.1. The van der Waals surface area contributed by atoms with Gasteiger partial charge in [0.15, 0.2) is 0 Å². The van der Waals surface area contributed by atoms with E-state index in [1.165, 1.54) is 4.31 Å². The molecule has 2 aromatic rings. The fourth-order valence-corrected chi connectivity index (χ4v) is 5.50. The lowest BCUT2D eigenvalue weighted by molar-refractivity contribution is 0.239. The molecular formula is C20H27N5O3S. The fourth-order valence-electron chi connectivity index (χ4n) is 4.06. The first-order valence-corrected chi connectivity index (χ1v) is 11.5. The summed E-state index contributed by atoms with van der Waals surface area (Å²) in [7, 11) is -3.47. The number of rotatable bonds is 5. The van der Waals surface area contributed by atoms with E-state index in [9.17, 15) is 13.5 Å². The molecule has 3 heterocycles. The van der Waals surface area contributed by atoms with E-state index in [-0.39, 0.29) is 12.6 Å². The molecule has 29 heavy (non-hydrogen) atoms. The van der Waals surface area contributed by atoms with Gasteiger partial charge in [-0.3, -0.25) is 0 Å². The van der Waals surface area contributed by atoms with Gasteiger partial charge in [0.25, 0.3) is 0 Å². The maximum Gasteiger partial charge on any atom is 0.243 e. The number of aromatic nitrogens is 2. The summed E-state index contributed by atoms with van der Waals surface area (Å²) >= 11 is 0. The van der Waals surface area contributed by atoms with Crippen LogP contribution in [0.15, 0.2) is 47.6 Å². The van der Waals surface area contributed by atoms with Crippen LogP contribution in [0.25, 0.3) is 0 Å². The summed E-state index contributed by atoms with van der Waals surface area (Å²) in [5.41, 5.74) is 0. The molecule has 2 aliphatic rings. The lowest BCUT2D eigenvalue weighted by Gasteiger charge is -2.37. The third-order valence-corrected chi connectivity index (χ3v) is 7.63. The number of nitrogens with zero attached hydrogens (tertiary/aromatic N) is 5. The number of piperazine rings is 1. The zero-order valence-corrected chi connectivity index (χ0v) is 17.2. The van der Waals surface area contributed by atoms with Crippen LogP contribution in [0.3, 0.4) is 0 Å². The van der Waals surface area contributed by atoms with Crippen molar-refractivity contribution < 1.29 is 13.5 Å². The van der Waals surface area contributed by atoms with Crippen molar-refractivity contribution in [2.75, 3.05) is 49.1 Å². The van der Waals surface area contributed by atoms with E-state index < -0.39 is 10.0 Å². The molecule has 0 saturated carbocycles. The van der Waals surface area contributed by atoms with Gasteiger partial charge in [0, 0.05) is 38.8 Å². The van der Waals surface area contributed by atoms with E-state index in [4.69, 9.17) is 0 Å². The van der Waals surface area contributed by atoms with Crippen LogP contribution in [0.2, 0.25) is 0 Å². The topological polar surface area (TPSA) is 89.9 Å². The van der Waals surface area contributed by atoms with Crippen molar-refractivity contribution in [2.45, 2.75) is 30.2 Å². The van der Waals surface area contributed by atoms with Crippen LogP contribution < -0.4 is 9.80 Å². The smallest absolute Gasteiger partial charge is 0.243 e. The summed E-state index contributed by atoms with van der Waals surface area (Å²) in [5.74, 6) is 1.63. The van der Waals surface area contributed by atoms with Crippen molar-refractivity contribution in [3.05, 3.63) is 42.7 Å². The highest BCUT2D eigenvalue weighted by Gasteiger charge is 2.29. The average molecular weight is 418 g/mol. The molecule has 156 valence electrons. The van der Waals surface area contributed by atoms with Crippen molar-refractivity contribution in [2.24, 2.45) is 0 Å². The maximum absolute atomic E-state index is 12.8. The van der Waals surface area contributed by atoms with Gasteiger partial charge >= 0.3 is 0 Å². The minimum Gasteiger partial charge on any atom is -0.394 e. The maximum atomic E-state index is 12.8. The third kappa shape index (κ3) is 4.22. The summed E-state index contributed by atoms with van der Waals surface area (Å²) in [6.45, 7) is 2.98. The summed E-state index contributed by atoms with van der Waals surface area (Å²) < 4.78 is 27.2. The number of sulfonamides is 1. The van der Waals surface area contributed by atoms with Gasteiger partial charge in [0.05, 0.1) is 17.5 Å². The second-order valence-electron chi connectivity index (χ2n) is 7.46. The van der Waals surface area contributed by atoms with Gasteiger partial charge in [-0.25, -0.2) is 18.4 Å². The van der Waals surface area contributed by atoms with Crippen molar-refractivity contribution in [3.8, 4) is 0 Å². The lowest BCUT2D eigenvalue weighted by atomic mass is 10.0. The van der Waals surface area contributed by atoms with Crippen LogP contribution in [0.4, 0.5) is 11.6 Å². The quantitative estimate of drug-likeness (QED) is 0.785. The van der Waals surface area contributed by atoms with Crippen molar-refractivity contribution in [3.63, 3.8) is 0 Å². The zero-order valence-electron chi connectivity index (χ0n) is 16.4. The standard InChI is InChI=1S/C20H27N5O3S/c26-15-17-6-4-5-9-25(17)20-14-19(21-16-22-20)23-10-12-24(13-11-23)29(27,28)18-7-2-1-3-8-18/h1-3,7-8,14,16-17,26H,4-6,9-13,15H2/t17-/m0/s1. The van der Waals surface area contributed by atoms with E-state index in [1.807, 2.05) is 12.1 Å². The zero-order chi connectivity index (χ0) is 20.3. The first-order chi connectivity index (χ1) is 14.1. The molecule has 0 bridgehead atoms. The number of piperidine rings is 1. The highest BCUT2D eigenvalue weighted by atomic mass is 32.2. The minimum absolute atomic E-state index is 0.0966. The number of aliphatic hydroxyl groups excluding tert-OH is 1.